The van der Waals surface area contributed by atoms with E-state index >= 15 is 0 Å². The molecular formula is C13H16ClN3O2S. The summed E-state index contributed by atoms with van der Waals surface area (Å²) in [5.41, 5.74) is 3.02. The Morgan fingerprint density at radius 3 is 2.85 bits per heavy atom. The summed E-state index contributed by atoms with van der Waals surface area (Å²) in [5, 5.41) is 0. The number of nitrogens with zero attached hydrogens (tertiary/aromatic N) is 1. The molecule has 0 aliphatic rings. The number of nitrogen functional groups attached to an aromatic ring is 1. The first kappa shape index (κ1) is 15.1. The van der Waals surface area contributed by atoms with E-state index in [1.165, 1.54) is 4.88 Å². The maximum Gasteiger partial charge on any atom is 0.300 e. The van der Waals surface area contributed by atoms with E-state index in [4.69, 9.17) is 21.9 Å². The van der Waals surface area contributed by atoms with Crippen molar-refractivity contribution in [1.82, 2.24) is 10.3 Å². The second-order valence-electron chi connectivity index (χ2n) is 4.54. The van der Waals surface area contributed by atoms with E-state index in [0.29, 0.717) is 6.54 Å². The van der Waals surface area contributed by atoms with Crippen molar-refractivity contribution in [3.8, 4) is 0 Å². The van der Waals surface area contributed by atoms with E-state index in [2.05, 4.69) is 10.3 Å². The van der Waals surface area contributed by atoms with Crippen LogP contribution in [0.1, 0.15) is 26.8 Å². The van der Waals surface area contributed by atoms with Crippen LogP contribution in [0.5, 0.6) is 0 Å². The minimum Gasteiger partial charge on any atom is -0.456 e. The molecule has 1 amide bonds. The molecule has 2 rings (SSSR count). The molecule has 2 heterocycles. The van der Waals surface area contributed by atoms with Crippen LogP contribution in [0.2, 0.25) is 4.34 Å². The molecule has 0 aliphatic carbocycles. The lowest BCUT2D eigenvalue weighted by molar-refractivity contribution is 0.0924. The van der Waals surface area contributed by atoms with Gasteiger partial charge in [-0.1, -0.05) is 11.6 Å². The van der Waals surface area contributed by atoms with Gasteiger partial charge in [-0.3, -0.25) is 15.1 Å². The van der Waals surface area contributed by atoms with Gasteiger partial charge in [0.25, 0.3) is 0 Å². The Morgan fingerprint density at radius 2 is 2.25 bits per heavy atom. The van der Waals surface area contributed by atoms with Crippen LogP contribution in [-0.2, 0) is 13.1 Å². The van der Waals surface area contributed by atoms with Gasteiger partial charge < -0.3 is 4.42 Å². The van der Waals surface area contributed by atoms with Crippen LogP contribution in [0.3, 0.4) is 0 Å². The zero-order valence-electron chi connectivity index (χ0n) is 11.3. The Morgan fingerprint density at radius 1 is 1.50 bits per heavy atom. The number of furan rings is 1. The van der Waals surface area contributed by atoms with Gasteiger partial charge in [-0.2, -0.15) is 0 Å². The summed E-state index contributed by atoms with van der Waals surface area (Å²) in [5.74, 6) is 5.62. The van der Waals surface area contributed by atoms with Crippen LogP contribution in [0.15, 0.2) is 22.6 Å². The van der Waals surface area contributed by atoms with Crippen molar-refractivity contribution < 1.29 is 9.21 Å². The van der Waals surface area contributed by atoms with Gasteiger partial charge in [-0.05, 0) is 32.2 Å². The smallest absolute Gasteiger partial charge is 0.300 e. The highest BCUT2D eigenvalue weighted by molar-refractivity contribution is 7.16. The molecule has 0 atom stereocenters. The van der Waals surface area contributed by atoms with E-state index in [9.17, 15) is 4.79 Å². The number of carbonyl (C=O) groups excluding carboxylic acids is 1. The molecule has 0 saturated heterocycles. The zero-order chi connectivity index (χ0) is 14.7. The molecule has 2 aromatic rings. The number of rotatable bonds is 5. The fourth-order valence-electron chi connectivity index (χ4n) is 1.91. The molecule has 7 heteroatoms. The first-order valence-electron chi connectivity index (χ1n) is 6.02. The van der Waals surface area contributed by atoms with Gasteiger partial charge in [0.05, 0.1) is 4.34 Å². The third-order valence-corrected chi connectivity index (χ3v) is 4.09. The third kappa shape index (κ3) is 3.61. The number of nitrogens with two attached hydrogens (primary N) is 1. The van der Waals surface area contributed by atoms with Crippen molar-refractivity contribution in [3.63, 3.8) is 0 Å². The molecule has 0 bridgehead atoms. The molecule has 0 aliphatic heterocycles. The van der Waals surface area contributed by atoms with E-state index in [1.54, 1.807) is 17.4 Å². The van der Waals surface area contributed by atoms with Crippen molar-refractivity contribution >= 4 is 28.8 Å². The van der Waals surface area contributed by atoms with Crippen LogP contribution in [0.4, 0.5) is 0 Å². The van der Waals surface area contributed by atoms with Crippen LogP contribution in [0, 0.1) is 6.92 Å². The summed E-state index contributed by atoms with van der Waals surface area (Å²) in [6.07, 6.45) is 0. The summed E-state index contributed by atoms with van der Waals surface area (Å²) in [6, 6.07) is 5.62. The maximum atomic E-state index is 11.4. The van der Waals surface area contributed by atoms with Crippen molar-refractivity contribution in [2.75, 3.05) is 7.05 Å². The molecule has 0 saturated carbocycles. The molecule has 0 unspecified atom stereocenters. The Bertz CT molecular complexity index is 609. The van der Waals surface area contributed by atoms with Gasteiger partial charge in [-0.15, -0.1) is 11.3 Å². The monoisotopic (exact) mass is 313 g/mol. The predicted octanol–water partition coefficient (Wildman–Crippen LogP) is 2.54. The number of aryl methyl sites for hydroxylation is 1. The average molecular weight is 314 g/mol. The van der Waals surface area contributed by atoms with Gasteiger partial charge in [0.2, 0.25) is 0 Å². The van der Waals surface area contributed by atoms with E-state index in [0.717, 1.165) is 22.2 Å². The van der Waals surface area contributed by atoms with Crippen LogP contribution >= 0.6 is 22.9 Å². The Labute approximate surface area is 126 Å². The minimum absolute atomic E-state index is 0.229. The summed E-state index contributed by atoms with van der Waals surface area (Å²) < 4.78 is 6.17. The van der Waals surface area contributed by atoms with Crippen molar-refractivity contribution in [3.05, 3.63) is 44.5 Å². The second kappa shape index (κ2) is 6.41. The molecule has 0 fully saturated rings. The molecule has 0 radical (unpaired) electrons. The van der Waals surface area contributed by atoms with Gasteiger partial charge >= 0.3 is 5.91 Å². The minimum atomic E-state index is -0.424. The van der Waals surface area contributed by atoms with Gasteiger partial charge in [0.1, 0.15) is 5.76 Å². The van der Waals surface area contributed by atoms with Crippen molar-refractivity contribution in [2.24, 2.45) is 5.84 Å². The number of nitrogens with one attached hydrogen (secondary N) is 1. The number of hydrogen-bond acceptors (Lipinski definition) is 5. The van der Waals surface area contributed by atoms with Crippen molar-refractivity contribution in [1.29, 1.82) is 0 Å². The first-order chi connectivity index (χ1) is 9.49. The SMILES string of the molecule is Cc1oc(C(=O)NN)cc1CN(C)Cc1ccc(Cl)s1. The molecule has 0 spiro atoms. The lowest BCUT2D eigenvalue weighted by Gasteiger charge is -2.14. The second-order valence-corrected chi connectivity index (χ2v) is 6.34. The molecule has 2 aromatic heterocycles. The lowest BCUT2D eigenvalue weighted by Crippen LogP contribution is -2.29. The highest BCUT2D eigenvalue weighted by Crippen LogP contribution is 2.23. The Balaban J connectivity index is 2.02. The lowest BCUT2D eigenvalue weighted by atomic mass is 10.2. The summed E-state index contributed by atoms with van der Waals surface area (Å²) in [4.78, 5) is 14.7. The molecule has 108 valence electrons. The molecule has 0 aromatic carbocycles. The Kier molecular flexibility index (Phi) is 4.82. The zero-order valence-corrected chi connectivity index (χ0v) is 12.8. The quantitative estimate of drug-likeness (QED) is 0.505. The topological polar surface area (TPSA) is 71.5 Å². The molecule has 3 N–H and O–H groups in total. The molecular weight excluding hydrogens is 298 g/mol. The van der Waals surface area contributed by atoms with Gasteiger partial charge in [-0.25, -0.2) is 5.84 Å². The van der Waals surface area contributed by atoms with E-state index in [-0.39, 0.29) is 5.76 Å². The largest absolute Gasteiger partial charge is 0.456 e. The summed E-state index contributed by atoms with van der Waals surface area (Å²) in [7, 11) is 2.00. The number of hydrogen-bond donors (Lipinski definition) is 2. The number of hydrazine groups is 1. The summed E-state index contributed by atoms with van der Waals surface area (Å²) >= 11 is 7.48. The van der Waals surface area contributed by atoms with E-state index in [1.807, 2.05) is 26.1 Å². The van der Waals surface area contributed by atoms with E-state index < -0.39 is 5.91 Å². The van der Waals surface area contributed by atoms with Crippen LogP contribution in [0.25, 0.3) is 0 Å². The standard InChI is InChI=1S/C13H16ClN3O2S/c1-8-9(5-11(19-8)13(18)16-15)6-17(2)7-10-3-4-12(14)20-10/h3-5H,6-7,15H2,1-2H3,(H,16,18). The molecule has 5 nitrogen and oxygen atoms in total. The maximum absolute atomic E-state index is 11.4. The van der Waals surface area contributed by atoms with Crippen molar-refractivity contribution in [2.45, 2.75) is 20.0 Å². The van der Waals surface area contributed by atoms with Gasteiger partial charge in [0.15, 0.2) is 5.76 Å². The highest BCUT2D eigenvalue weighted by Gasteiger charge is 2.15. The highest BCUT2D eigenvalue weighted by atomic mass is 35.5. The normalized spacial score (nSPS) is 11.1. The Hall–Kier alpha value is -1.34. The summed E-state index contributed by atoms with van der Waals surface area (Å²) in [6.45, 7) is 3.31. The molecule has 20 heavy (non-hydrogen) atoms. The fraction of sp³-hybridized carbons (Fsp3) is 0.308. The fourth-order valence-corrected chi connectivity index (χ4v) is 3.08. The van der Waals surface area contributed by atoms with Crippen LogP contribution in [-0.4, -0.2) is 17.9 Å². The third-order valence-electron chi connectivity index (χ3n) is 2.87. The number of amides is 1. The number of carbonyl (C=O) groups is 1. The number of thiophene rings is 1. The average Bonchev–Trinajstić information content (AvgIpc) is 2.96. The predicted molar refractivity (Wildman–Crippen MR) is 79.6 cm³/mol. The first-order valence-corrected chi connectivity index (χ1v) is 7.22. The number of halogens is 1. The van der Waals surface area contributed by atoms with Crippen LogP contribution < -0.4 is 11.3 Å². The van der Waals surface area contributed by atoms with Gasteiger partial charge in [0, 0.05) is 23.5 Å².